The lowest BCUT2D eigenvalue weighted by Crippen LogP contribution is -2.14. The maximum atomic E-state index is 10.7. The van der Waals surface area contributed by atoms with Gasteiger partial charge in [-0.05, 0) is 5.92 Å². The van der Waals surface area contributed by atoms with Gasteiger partial charge in [0.1, 0.15) is 6.73 Å². The lowest BCUT2D eigenvalue weighted by molar-refractivity contribution is -0.144. The Kier molecular flexibility index (Phi) is 4.94. The van der Waals surface area contributed by atoms with Crippen LogP contribution in [0.4, 0.5) is 0 Å². The van der Waals surface area contributed by atoms with Crippen LogP contribution in [-0.2, 0) is 9.53 Å². The van der Waals surface area contributed by atoms with E-state index in [4.69, 9.17) is 5.73 Å². The predicted molar refractivity (Wildman–Crippen MR) is 39.2 cm³/mol. The highest BCUT2D eigenvalue weighted by Crippen LogP contribution is 2.06. The maximum absolute atomic E-state index is 10.7. The Morgan fingerprint density at radius 2 is 2.30 bits per heavy atom. The second-order valence-corrected chi connectivity index (χ2v) is 2.40. The van der Waals surface area contributed by atoms with Crippen LogP contribution in [-0.4, -0.2) is 12.7 Å². The molecule has 0 heterocycles. The summed E-state index contributed by atoms with van der Waals surface area (Å²) in [4.78, 5) is 10.7. The fourth-order valence-corrected chi connectivity index (χ4v) is 0.581. The smallest absolute Gasteiger partial charge is 0.307 e. The second kappa shape index (κ2) is 5.23. The first-order chi connectivity index (χ1) is 4.70. The Bertz CT molecular complexity index is 104. The van der Waals surface area contributed by atoms with Crippen molar-refractivity contribution in [3.05, 3.63) is 0 Å². The minimum Gasteiger partial charge on any atom is -0.450 e. The third kappa shape index (κ3) is 4.32. The van der Waals surface area contributed by atoms with Gasteiger partial charge in [0.15, 0.2) is 0 Å². The van der Waals surface area contributed by atoms with E-state index in [0.29, 0.717) is 12.3 Å². The molecule has 3 nitrogen and oxygen atoms in total. The fourth-order valence-electron chi connectivity index (χ4n) is 0.581. The first-order valence-electron chi connectivity index (χ1n) is 3.56. The molecule has 0 aliphatic heterocycles. The van der Waals surface area contributed by atoms with Gasteiger partial charge in [-0.2, -0.15) is 0 Å². The van der Waals surface area contributed by atoms with Crippen LogP contribution in [0, 0.1) is 5.92 Å². The van der Waals surface area contributed by atoms with Crippen molar-refractivity contribution in [1.82, 2.24) is 0 Å². The summed E-state index contributed by atoms with van der Waals surface area (Å²) in [5.41, 5.74) is 5.00. The van der Waals surface area contributed by atoms with Crippen LogP contribution in [0.5, 0.6) is 0 Å². The predicted octanol–water partition coefficient (Wildman–Crippen LogP) is 0.882. The Balaban J connectivity index is 3.37. The minimum absolute atomic E-state index is 0.00469. The van der Waals surface area contributed by atoms with Gasteiger partial charge in [-0.3, -0.25) is 10.5 Å². The molecule has 60 valence electrons. The third-order valence-corrected chi connectivity index (χ3v) is 1.46. The zero-order valence-corrected chi connectivity index (χ0v) is 6.59. The highest BCUT2D eigenvalue weighted by atomic mass is 16.5. The molecule has 0 aromatic carbocycles. The van der Waals surface area contributed by atoms with E-state index >= 15 is 0 Å². The number of rotatable bonds is 4. The van der Waals surface area contributed by atoms with Crippen molar-refractivity contribution >= 4 is 5.97 Å². The fraction of sp³-hybridized carbons (Fsp3) is 0.857. The number of esters is 1. The summed E-state index contributed by atoms with van der Waals surface area (Å²) >= 11 is 0. The summed E-state index contributed by atoms with van der Waals surface area (Å²) in [6.07, 6.45) is 1.48. The van der Waals surface area contributed by atoms with Gasteiger partial charge in [-0.25, -0.2) is 0 Å². The van der Waals surface area contributed by atoms with E-state index in [-0.39, 0.29) is 12.7 Å². The maximum Gasteiger partial charge on any atom is 0.307 e. The molecule has 0 saturated carbocycles. The van der Waals surface area contributed by atoms with E-state index in [2.05, 4.69) is 4.74 Å². The summed E-state index contributed by atoms with van der Waals surface area (Å²) in [6, 6.07) is 0. The first kappa shape index (κ1) is 9.43. The summed E-state index contributed by atoms with van der Waals surface area (Å²) in [5, 5.41) is 0. The van der Waals surface area contributed by atoms with Crippen molar-refractivity contribution in [3.8, 4) is 0 Å². The normalized spacial score (nSPS) is 12.7. The number of carbonyl (C=O) groups excluding carboxylic acids is 1. The van der Waals surface area contributed by atoms with Gasteiger partial charge in [-0.15, -0.1) is 0 Å². The van der Waals surface area contributed by atoms with E-state index in [9.17, 15) is 4.79 Å². The molecule has 1 unspecified atom stereocenters. The lowest BCUT2D eigenvalue weighted by Gasteiger charge is -2.05. The van der Waals surface area contributed by atoms with Crippen LogP contribution < -0.4 is 5.73 Å². The van der Waals surface area contributed by atoms with Crippen LogP contribution in [0.25, 0.3) is 0 Å². The van der Waals surface area contributed by atoms with Gasteiger partial charge in [0.05, 0.1) is 0 Å². The number of nitrogens with two attached hydrogens (primary N) is 1. The molecule has 0 aromatic rings. The van der Waals surface area contributed by atoms with Gasteiger partial charge in [0, 0.05) is 6.42 Å². The molecular formula is C7H15NO2. The second-order valence-electron chi connectivity index (χ2n) is 2.40. The number of hydrogen-bond donors (Lipinski definition) is 1. The summed E-state index contributed by atoms with van der Waals surface area (Å²) < 4.78 is 4.55. The standard InChI is InChI=1S/C7H15NO2/c1-3-6(2)4-7(9)10-5-8/h6H,3-5,8H2,1-2H3. The first-order valence-corrected chi connectivity index (χ1v) is 3.56. The van der Waals surface area contributed by atoms with Crippen LogP contribution in [0.2, 0.25) is 0 Å². The van der Waals surface area contributed by atoms with Crippen molar-refractivity contribution < 1.29 is 9.53 Å². The molecule has 0 fully saturated rings. The molecule has 10 heavy (non-hydrogen) atoms. The van der Waals surface area contributed by atoms with Crippen molar-refractivity contribution in [2.45, 2.75) is 26.7 Å². The monoisotopic (exact) mass is 145 g/mol. The van der Waals surface area contributed by atoms with E-state index in [1.807, 2.05) is 13.8 Å². The summed E-state index contributed by atoms with van der Waals surface area (Å²) in [7, 11) is 0. The molecule has 0 aliphatic rings. The van der Waals surface area contributed by atoms with Gasteiger partial charge < -0.3 is 4.74 Å². The Labute approximate surface area is 61.5 Å². The van der Waals surface area contributed by atoms with Crippen LogP contribution in [0.1, 0.15) is 26.7 Å². The molecule has 0 amide bonds. The molecular weight excluding hydrogens is 130 g/mol. The van der Waals surface area contributed by atoms with Gasteiger partial charge in [0.25, 0.3) is 0 Å². The topological polar surface area (TPSA) is 52.3 Å². The van der Waals surface area contributed by atoms with Crippen molar-refractivity contribution in [3.63, 3.8) is 0 Å². The molecule has 0 bridgehead atoms. The number of ether oxygens (including phenoxy) is 1. The molecule has 3 heteroatoms. The zero-order chi connectivity index (χ0) is 7.98. The lowest BCUT2D eigenvalue weighted by atomic mass is 10.1. The Morgan fingerprint density at radius 3 is 2.70 bits per heavy atom. The molecule has 0 rings (SSSR count). The van der Waals surface area contributed by atoms with Crippen LogP contribution in [0.15, 0.2) is 0 Å². The number of hydrogen-bond acceptors (Lipinski definition) is 3. The van der Waals surface area contributed by atoms with Crippen LogP contribution in [0.3, 0.4) is 0 Å². The van der Waals surface area contributed by atoms with Crippen molar-refractivity contribution in [2.24, 2.45) is 11.7 Å². The average molecular weight is 145 g/mol. The third-order valence-electron chi connectivity index (χ3n) is 1.46. The number of carbonyl (C=O) groups is 1. The molecule has 0 spiro atoms. The highest BCUT2D eigenvalue weighted by molar-refractivity contribution is 5.69. The Morgan fingerprint density at radius 1 is 1.70 bits per heavy atom. The van der Waals surface area contributed by atoms with Crippen LogP contribution >= 0.6 is 0 Å². The van der Waals surface area contributed by atoms with E-state index in [1.54, 1.807) is 0 Å². The van der Waals surface area contributed by atoms with E-state index in [0.717, 1.165) is 6.42 Å². The van der Waals surface area contributed by atoms with Gasteiger partial charge >= 0.3 is 5.97 Å². The Hall–Kier alpha value is -0.570. The zero-order valence-electron chi connectivity index (χ0n) is 6.59. The molecule has 2 N–H and O–H groups in total. The molecule has 0 aliphatic carbocycles. The quantitative estimate of drug-likeness (QED) is 0.472. The summed E-state index contributed by atoms with van der Waals surface area (Å²) in [6.45, 7) is 4.05. The van der Waals surface area contributed by atoms with Gasteiger partial charge in [-0.1, -0.05) is 20.3 Å². The van der Waals surface area contributed by atoms with Crippen molar-refractivity contribution in [2.75, 3.05) is 6.73 Å². The SMILES string of the molecule is CCC(C)CC(=O)OCN. The van der Waals surface area contributed by atoms with Gasteiger partial charge in [0.2, 0.25) is 0 Å². The average Bonchev–Trinajstić information content (AvgIpc) is 1.88. The van der Waals surface area contributed by atoms with E-state index in [1.165, 1.54) is 0 Å². The highest BCUT2D eigenvalue weighted by Gasteiger charge is 2.06. The molecule has 0 saturated heterocycles. The largest absolute Gasteiger partial charge is 0.450 e. The van der Waals surface area contributed by atoms with E-state index < -0.39 is 0 Å². The summed E-state index contributed by atoms with van der Waals surface area (Å²) in [5.74, 6) is 0.205. The van der Waals surface area contributed by atoms with Crippen molar-refractivity contribution in [1.29, 1.82) is 0 Å². The molecule has 0 radical (unpaired) electrons. The molecule has 0 aromatic heterocycles. The minimum atomic E-state index is -0.197. The molecule has 1 atom stereocenters.